The Balaban J connectivity index is 1.63. The lowest BCUT2D eigenvalue weighted by Gasteiger charge is -2.41. The van der Waals surface area contributed by atoms with Gasteiger partial charge in [0.05, 0.1) is 5.04 Å². The first-order valence-electron chi connectivity index (χ1n) is 10.9. The number of benzene rings is 2. The zero-order valence-corrected chi connectivity index (χ0v) is 18.5. The maximum Gasteiger partial charge on any atom is 0.133 e. The molecule has 1 fully saturated rings. The Bertz CT molecular complexity index is 971. The minimum Gasteiger partial charge on any atom is -0.371 e. The predicted octanol–water partition coefficient (Wildman–Crippen LogP) is 5.71. The Morgan fingerprint density at radius 1 is 1.19 bits per heavy atom. The fraction of sp³-hybridized carbons (Fsp3) is 0.400. The first-order chi connectivity index (χ1) is 15.0. The van der Waals surface area contributed by atoms with Crippen molar-refractivity contribution < 1.29 is 8.78 Å². The van der Waals surface area contributed by atoms with Crippen molar-refractivity contribution in [3.05, 3.63) is 83.1 Å². The van der Waals surface area contributed by atoms with Crippen LogP contribution in [-0.4, -0.2) is 18.1 Å². The van der Waals surface area contributed by atoms with Crippen LogP contribution in [0.25, 0.3) is 0 Å². The van der Waals surface area contributed by atoms with Crippen LogP contribution in [0, 0.1) is 23.0 Å². The highest BCUT2D eigenvalue weighted by Gasteiger charge is 2.39. The topological polar surface area (TPSA) is 47.9 Å². The number of halogens is 2. The summed E-state index contributed by atoms with van der Waals surface area (Å²) in [7, 11) is 0. The molecule has 0 aromatic heterocycles. The van der Waals surface area contributed by atoms with Gasteiger partial charge in [0.2, 0.25) is 0 Å². The van der Waals surface area contributed by atoms with Gasteiger partial charge in [-0.1, -0.05) is 42.6 Å². The van der Waals surface area contributed by atoms with Gasteiger partial charge in [0.25, 0.3) is 0 Å². The quantitative estimate of drug-likeness (QED) is 0.306. The molecule has 0 amide bonds. The second kappa shape index (κ2) is 9.53. The van der Waals surface area contributed by atoms with E-state index >= 15 is 0 Å². The molecule has 2 aromatic carbocycles. The van der Waals surface area contributed by atoms with Gasteiger partial charge < -0.3 is 10.6 Å². The van der Waals surface area contributed by atoms with Crippen molar-refractivity contribution in [3.8, 4) is 0 Å². The molecular formula is C25H29F2N3S. The van der Waals surface area contributed by atoms with Crippen LogP contribution < -0.4 is 10.6 Å². The Morgan fingerprint density at radius 3 is 2.77 bits per heavy atom. The van der Waals surface area contributed by atoms with Gasteiger partial charge in [0.15, 0.2) is 0 Å². The summed E-state index contributed by atoms with van der Waals surface area (Å²) < 4.78 is 28.2. The molecule has 0 radical (unpaired) electrons. The standard InChI is InChI=1S/C25H29F2N3S/c1-17(15-18-10-13-29-14-11-18)30-25(12-4-6-19-5-2-3-7-22(19)25)31-24(28)21-16-20(26)8-9-23(21)27/h2-3,5,7-9,16,18,28-30H,1,4,6,10-15H2. The first kappa shape index (κ1) is 22.0. The van der Waals surface area contributed by atoms with Gasteiger partial charge in [-0.05, 0) is 86.9 Å². The monoisotopic (exact) mass is 441 g/mol. The van der Waals surface area contributed by atoms with E-state index in [0.717, 1.165) is 81.1 Å². The van der Waals surface area contributed by atoms with Crippen LogP contribution >= 0.6 is 11.8 Å². The second-order valence-electron chi connectivity index (χ2n) is 8.52. The van der Waals surface area contributed by atoms with Crippen LogP contribution in [0.3, 0.4) is 0 Å². The molecule has 1 heterocycles. The second-order valence-corrected chi connectivity index (χ2v) is 9.83. The van der Waals surface area contributed by atoms with Gasteiger partial charge in [-0.25, -0.2) is 8.78 Å². The van der Waals surface area contributed by atoms with E-state index in [-0.39, 0.29) is 10.6 Å². The number of fused-ring (bicyclic) bond motifs is 1. The summed E-state index contributed by atoms with van der Waals surface area (Å²) in [5.74, 6) is -0.531. The Hall–Kier alpha value is -2.18. The van der Waals surface area contributed by atoms with Crippen LogP contribution in [0.15, 0.2) is 54.7 Å². The minimum absolute atomic E-state index is 0.00167. The summed E-state index contributed by atoms with van der Waals surface area (Å²) in [6, 6.07) is 11.5. The van der Waals surface area contributed by atoms with Crippen LogP contribution in [0.1, 0.15) is 48.8 Å². The molecule has 31 heavy (non-hydrogen) atoms. The lowest BCUT2D eigenvalue weighted by Crippen LogP contribution is -2.43. The van der Waals surface area contributed by atoms with Gasteiger partial charge in [-0.3, -0.25) is 5.41 Å². The molecule has 1 atom stereocenters. The molecule has 1 aliphatic carbocycles. The average Bonchev–Trinajstić information content (AvgIpc) is 2.76. The van der Waals surface area contributed by atoms with Gasteiger partial charge in [-0.2, -0.15) is 0 Å². The average molecular weight is 442 g/mol. The highest BCUT2D eigenvalue weighted by molar-refractivity contribution is 8.15. The molecular weight excluding hydrogens is 412 g/mol. The largest absolute Gasteiger partial charge is 0.371 e. The van der Waals surface area contributed by atoms with E-state index in [0.29, 0.717) is 5.92 Å². The maximum absolute atomic E-state index is 14.4. The SMILES string of the molecule is C=C(CC1CCNCC1)NC1(SC(=N)c2cc(F)ccc2F)CCCc2ccccc21. The molecule has 164 valence electrons. The van der Waals surface area contributed by atoms with Gasteiger partial charge in [0, 0.05) is 11.3 Å². The van der Waals surface area contributed by atoms with Gasteiger partial charge in [-0.15, -0.1) is 0 Å². The van der Waals surface area contributed by atoms with E-state index in [9.17, 15) is 8.78 Å². The van der Waals surface area contributed by atoms with Crippen LogP contribution in [0.2, 0.25) is 0 Å². The maximum atomic E-state index is 14.4. The third-order valence-electron chi connectivity index (χ3n) is 6.25. The minimum atomic E-state index is -0.616. The molecule has 1 saturated heterocycles. The highest BCUT2D eigenvalue weighted by Crippen LogP contribution is 2.46. The smallest absolute Gasteiger partial charge is 0.133 e. The lowest BCUT2D eigenvalue weighted by molar-refractivity contribution is 0.354. The summed E-state index contributed by atoms with van der Waals surface area (Å²) in [5, 5.41) is 15.7. The van der Waals surface area contributed by atoms with E-state index in [1.54, 1.807) is 0 Å². The van der Waals surface area contributed by atoms with Crippen LogP contribution in [-0.2, 0) is 11.3 Å². The summed E-state index contributed by atoms with van der Waals surface area (Å²) in [6.07, 6.45) is 5.86. The fourth-order valence-corrected chi connectivity index (χ4v) is 6.09. The molecule has 2 aromatic rings. The third-order valence-corrected chi connectivity index (χ3v) is 7.55. The van der Waals surface area contributed by atoms with Crippen molar-refractivity contribution in [2.75, 3.05) is 13.1 Å². The first-order valence-corrected chi connectivity index (χ1v) is 11.8. The number of allylic oxidation sites excluding steroid dienone is 1. The normalized spacial score (nSPS) is 21.4. The van der Waals surface area contributed by atoms with Gasteiger partial charge in [0.1, 0.15) is 16.5 Å². The number of hydrogen-bond acceptors (Lipinski definition) is 4. The molecule has 3 nitrogen and oxygen atoms in total. The van der Waals surface area contributed by atoms with E-state index in [1.165, 1.54) is 17.3 Å². The van der Waals surface area contributed by atoms with Crippen molar-refractivity contribution in [1.82, 2.24) is 10.6 Å². The number of rotatable bonds is 6. The predicted molar refractivity (Wildman–Crippen MR) is 124 cm³/mol. The Morgan fingerprint density at radius 2 is 1.97 bits per heavy atom. The van der Waals surface area contributed by atoms with Crippen molar-refractivity contribution in [2.45, 2.75) is 43.4 Å². The fourth-order valence-electron chi connectivity index (χ4n) is 4.73. The van der Waals surface area contributed by atoms with Crippen LogP contribution in [0.4, 0.5) is 8.78 Å². The van der Waals surface area contributed by atoms with Crippen molar-refractivity contribution >= 4 is 16.8 Å². The van der Waals surface area contributed by atoms with E-state index in [1.807, 2.05) is 12.1 Å². The van der Waals surface area contributed by atoms with E-state index in [4.69, 9.17) is 5.41 Å². The molecule has 0 bridgehead atoms. The lowest BCUT2D eigenvalue weighted by atomic mass is 9.86. The molecule has 0 spiro atoms. The van der Waals surface area contributed by atoms with E-state index < -0.39 is 16.5 Å². The number of piperidine rings is 1. The zero-order valence-electron chi connectivity index (χ0n) is 17.6. The Labute approximate surface area is 187 Å². The Kier molecular flexibility index (Phi) is 6.77. The molecule has 4 rings (SSSR count). The van der Waals surface area contributed by atoms with Crippen molar-refractivity contribution in [3.63, 3.8) is 0 Å². The molecule has 0 saturated carbocycles. The third kappa shape index (κ3) is 5.01. The molecule has 2 aliphatic rings. The van der Waals surface area contributed by atoms with Crippen molar-refractivity contribution in [2.24, 2.45) is 5.92 Å². The van der Waals surface area contributed by atoms with E-state index in [2.05, 4.69) is 29.3 Å². The number of aryl methyl sites for hydroxylation is 1. The summed E-state index contributed by atoms with van der Waals surface area (Å²) in [6.45, 7) is 6.39. The summed E-state index contributed by atoms with van der Waals surface area (Å²) in [4.78, 5) is -0.616. The summed E-state index contributed by atoms with van der Waals surface area (Å²) >= 11 is 1.27. The molecule has 6 heteroatoms. The molecule has 3 N–H and O–H groups in total. The zero-order chi connectivity index (χ0) is 21.8. The van der Waals surface area contributed by atoms with Gasteiger partial charge >= 0.3 is 0 Å². The van der Waals surface area contributed by atoms with Crippen molar-refractivity contribution in [1.29, 1.82) is 5.41 Å². The molecule has 1 unspecified atom stereocenters. The summed E-state index contributed by atoms with van der Waals surface area (Å²) in [5.41, 5.74) is 3.29. The number of thioether (sulfide) groups is 1. The highest BCUT2D eigenvalue weighted by atomic mass is 32.2. The number of hydrogen-bond donors (Lipinski definition) is 3. The molecule has 1 aliphatic heterocycles. The number of nitrogens with one attached hydrogen (secondary N) is 3. The van der Waals surface area contributed by atoms with Crippen LogP contribution in [0.5, 0.6) is 0 Å².